The lowest BCUT2D eigenvalue weighted by molar-refractivity contribution is -0.132. The van der Waals surface area contributed by atoms with Gasteiger partial charge in [0.25, 0.3) is 0 Å². The summed E-state index contributed by atoms with van der Waals surface area (Å²) >= 11 is 0. The number of nitrogens with zero attached hydrogens (tertiary/aromatic N) is 2. The van der Waals surface area contributed by atoms with Crippen LogP contribution in [0.1, 0.15) is 67.7 Å². The molecule has 24 heavy (non-hydrogen) atoms. The summed E-state index contributed by atoms with van der Waals surface area (Å²) in [5, 5.41) is 5.62. The van der Waals surface area contributed by atoms with E-state index in [0.717, 1.165) is 0 Å². The van der Waals surface area contributed by atoms with Crippen molar-refractivity contribution in [1.82, 2.24) is 5.01 Å². The molecule has 1 fully saturated rings. The van der Waals surface area contributed by atoms with E-state index in [1.807, 2.05) is 13.8 Å². The molecule has 1 atom stereocenters. The highest BCUT2D eigenvalue weighted by atomic mass is 16.6. The number of Topliss-reactive ketones (excluding diaryl/α,β-unsaturated/α-hetero) is 2. The van der Waals surface area contributed by atoms with Crippen molar-refractivity contribution >= 4 is 23.4 Å². The van der Waals surface area contributed by atoms with Crippen molar-refractivity contribution in [2.24, 2.45) is 16.9 Å². The van der Waals surface area contributed by atoms with Gasteiger partial charge in [0.05, 0.1) is 11.8 Å². The molecule has 0 saturated heterocycles. The maximum absolute atomic E-state index is 12.4. The first-order valence-electron chi connectivity index (χ1n) is 8.60. The quantitative estimate of drug-likeness (QED) is 0.580. The smallest absolute Gasteiger partial charge is 0.431 e. The normalized spacial score (nSPS) is 20.6. The van der Waals surface area contributed by atoms with Gasteiger partial charge >= 0.3 is 6.09 Å². The van der Waals surface area contributed by atoms with Gasteiger partial charge in [-0.3, -0.25) is 9.59 Å². The second kappa shape index (κ2) is 7.90. The van der Waals surface area contributed by atoms with Crippen LogP contribution in [0.25, 0.3) is 0 Å². The standard InChI is InChI=1S/C18H30N2O4/c1-11(2)16(22)15-13(9-8-10-14(15)21)19-20(12(3)4)17(23)24-18(5,6)7/h11-12,15H,8-10H2,1-7H3/b19-13+. The molecule has 6 nitrogen and oxygen atoms in total. The number of hydrogen-bond donors (Lipinski definition) is 0. The van der Waals surface area contributed by atoms with E-state index in [4.69, 9.17) is 4.74 Å². The number of rotatable bonds is 4. The molecule has 6 heteroatoms. The molecule has 0 N–H and O–H groups in total. The number of amides is 1. The van der Waals surface area contributed by atoms with Gasteiger partial charge in [-0.1, -0.05) is 13.8 Å². The average molecular weight is 338 g/mol. The summed E-state index contributed by atoms with van der Waals surface area (Å²) in [6.45, 7) is 12.5. The Kier molecular flexibility index (Phi) is 6.69. The molecule has 1 rings (SSSR count). The van der Waals surface area contributed by atoms with Gasteiger partial charge in [-0.05, 0) is 47.5 Å². The Labute approximate surface area is 144 Å². The second-order valence-corrected chi connectivity index (χ2v) is 7.82. The molecule has 1 aliphatic rings. The minimum atomic E-state index is -0.831. The van der Waals surface area contributed by atoms with Crippen LogP contribution in [0.3, 0.4) is 0 Å². The van der Waals surface area contributed by atoms with Crippen LogP contribution in [0.15, 0.2) is 5.10 Å². The molecule has 136 valence electrons. The largest absolute Gasteiger partial charge is 0.442 e. The van der Waals surface area contributed by atoms with Gasteiger partial charge in [-0.2, -0.15) is 10.1 Å². The highest BCUT2D eigenvalue weighted by Crippen LogP contribution is 2.24. The van der Waals surface area contributed by atoms with Crippen LogP contribution in [-0.4, -0.2) is 40.0 Å². The molecule has 0 aromatic rings. The summed E-state index contributed by atoms with van der Waals surface area (Å²) in [7, 11) is 0. The van der Waals surface area contributed by atoms with Gasteiger partial charge in [0.15, 0.2) is 5.78 Å². The van der Waals surface area contributed by atoms with E-state index >= 15 is 0 Å². The number of hydrogen-bond acceptors (Lipinski definition) is 5. The van der Waals surface area contributed by atoms with Crippen LogP contribution >= 0.6 is 0 Å². The van der Waals surface area contributed by atoms with E-state index in [1.165, 1.54) is 5.01 Å². The highest BCUT2D eigenvalue weighted by Gasteiger charge is 2.37. The zero-order valence-corrected chi connectivity index (χ0v) is 15.9. The minimum absolute atomic E-state index is 0.105. The Morgan fingerprint density at radius 2 is 1.75 bits per heavy atom. The van der Waals surface area contributed by atoms with Gasteiger partial charge in [0.1, 0.15) is 17.3 Å². The summed E-state index contributed by atoms with van der Waals surface area (Å²) < 4.78 is 5.38. The molecule has 1 amide bonds. The first-order chi connectivity index (χ1) is 10.9. The second-order valence-electron chi connectivity index (χ2n) is 7.82. The Morgan fingerprint density at radius 3 is 2.21 bits per heavy atom. The van der Waals surface area contributed by atoms with Crippen LogP contribution in [0.2, 0.25) is 0 Å². The number of carbonyl (C=O) groups excluding carboxylic acids is 3. The first-order valence-corrected chi connectivity index (χ1v) is 8.60. The summed E-state index contributed by atoms with van der Waals surface area (Å²) in [6, 6.07) is -0.237. The van der Waals surface area contributed by atoms with E-state index in [0.29, 0.717) is 25.0 Å². The van der Waals surface area contributed by atoms with Crippen molar-refractivity contribution in [3.63, 3.8) is 0 Å². The molecule has 0 bridgehead atoms. The highest BCUT2D eigenvalue weighted by molar-refractivity contribution is 6.22. The summed E-state index contributed by atoms with van der Waals surface area (Å²) in [5.74, 6) is -1.32. The van der Waals surface area contributed by atoms with Crippen molar-refractivity contribution in [3.8, 4) is 0 Å². The van der Waals surface area contributed by atoms with E-state index in [-0.39, 0.29) is 23.5 Å². The number of ether oxygens (including phenoxy) is 1. The maximum atomic E-state index is 12.4. The van der Waals surface area contributed by atoms with E-state index in [2.05, 4.69) is 5.10 Å². The van der Waals surface area contributed by atoms with Crippen molar-refractivity contribution in [2.45, 2.75) is 79.4 Å². The molecule has 0 heterocycles. The Bertz CT molecular complexity index is 530. The van der Waals surface area contributed by atoms with E-state index in [1.54, 1.807) is 34.6 Å². The van der Waals surface area contributed by atoms with E-state index < -0.39 is 17.6 Å². The fraction of sp³-hybridized carbons (Fsp3) is 0.778. The van der Waals surface area contributed by atoms with Gasteiger partial charge in [0.2, 0.25) is 0 Å². The molecule has 0 aromatic heterocycles. The maximum Gasteiger partial charge on any atom is 0.431 e. The van der Waals surface area contributed by atoms with Crippen LogP contribution in [0.5, 0.6) is 0 Å². The third-order valence-corrected chi connectivity index (χ3v) is 3.67. The average Bonchev–Trinajstić information content (AvgIpc) is 2.41. The fourth-order valence-corrected chi connectivity index (χ4v) is 2.50. The summed E-state index contributed by atoms with van der Waals surface area (Å²) in [6.07, 6.45) is 1.01. The Hall–Kier alpha value is -1.72. The predicted molar refractivity (Wildman–Crippen MR) is 92.8 cm³/mol. The number of ketones is 2. The fourth-order valence-electron chi connectivity index (χ4n) is 2.50. The van der Waals surface area contributed by atoms with Crippen molar-refractivity contribution in [1.29, 1.82) is 0 Å². The summed E-state index contributed by atoms with van der Waals surface area (Å²) in [4.78, 5) is 37.1. The molecule has 1 unspecified atom stereocenters. The Morgan fingerprint density at radius 1 is 1.17 bits per heavy atom. The van der Waals surface area contributed by atoms with E-state index in [9.17, 15) is 14.4 Å². The van der Waals surface area contributed by atoms with Gasteiger partial charge < -0.3 is 4.74 Å². The lowest BCUT2D eigenvalue weighted by Crippen LogP contribution is -2.42. The van der Waals surface area contributed by atoms with Crippen molar-refractivity contribution in [3.05, 3.63) is 0 Å². The molecule has 1 aliphatic carbocycles. The SMILES string of the molecule is CC(C)C(=O)C1C(=O)CCC/C1=N\N(C(=O)OC(C)(C)C)C(C)C. The zero-order valence-electron chi connectivity index (χ0n) is 15.9. The van der Waals surface area contributed by atoms with Crippen LogP contribution < -0.4 is 0 Å². The van der Waals surface area contributed by atoms with Crippen molar-refractivity contribution < 1.29 is 19.1 Å². The molecule has 0 radical (unpaired) electrons. The Balaban J connectivity index is 3.16. The van der Waals surface area contributed by atoms with Crippen LogP contribution in [-0.2, 0) is 14.3 Å². The van der Waals surface area contributed by atoms with Crippen LogP contribution in [0.4, 0.5) is 4.79 Å². The minimum Gasteiger partial charge on any atom is -0.442 e. The van der Waals surface area contributed by atoms with Gasteiger partial charge in [-0.25, -0.2) is 4.79 Å². The molecular weight excluding hydrogens is 308 g/mol. The first kappa shape index (κ1) is 20.3. The molecule has 1 saturated carbocycles. The van der Waals surface area contributed by atoms with Gasteiger partial charge in [0, 0.05) is 12.3 Å². The molecule has 0 spiro atoms. The third-order valence-electron chi connectivity index (χ3n) is 3.67. The molecule has 0 aromatic carbocycles. The van der Waals surface area contributed by atoms with Crippen molar-refractivity contribution in [2.75, 3.05) is 0 Å². The summed E-state index contributed by atoms with van der Waals surface area (Å²) in [5.41, 5.74) is -0.163. The third kappa shape index (κ3) is 5.42. The topological polar surface area (TPSA) is 76.0 Å². The number of carbonyl (C=O) groups is 3. The monoisotopic (exact) mass is 338 g/mol. The lowest BCUT2D eigenvalue weighted by Gasteiger charge is -2.29. The van der Waals surface area contributed by atoms with Gasteiger partial charge in [-0.15, -0.1) is 0 Å². The zero-order chi connectivity index (χ0) is 18.7. The van der Waals surface area contributed by atoms with Crippen LogP contribution in [0, 0.1) is 11.8 Å². The predicted octanol–water partition coefficient (Wildman–Crippen LogP) is 3.58. The lowest BCUT2D eigenvalue weighted by atomic mass is 9.80. The molecule has 0 aliphatic heterocycles. The molecular formula is C18H30N2O4. The number of hydrazone groups is 1.